The molecule has 5 N–H and O–H groups in total. The van der Waals surface area contributed by atoms with E-state index in [2.05, 4.69) is 64.3 Å². The Kier molecular flexibility index (Phi) is 18.0. The van der Waals surface area contributed by atoms with Gasteiger partial charge >= 0.3 is 0 Å². The molecule has 272 valence electrons. The number of amides is 1. The molecule has 1 unspecified atom stereocenters. The molecule has 4 rings (SSSR count). The van der Waals surface area contributed by atoms with Gasteiger partial charge in [0.25, 0.3) is 0 Å². The number of rotatable bonds is 24. The zero-order valence-corrected chi connectivity index (χ0v) is 30.9. The summed E-state index contributed by atoms with van der Waals surface area (Å²) in [5, 5.41) is 26.3. The van der Waals surface area contributed by atoms with Gasteiger partial charge in [-0.1, -0.05) is 50.1 Å². The number of carbonyl (C=O) groups is 1. The van der Waals surface area contributed by atoms with Crippen molar-refractivity contribution in [1.29, 1.82) is 0 Å². The van der Waals surface area contributed by atoms with Crippen LogP contribution in [0.5, 0.6) is 0 Å². The normalized spacial score (nSPS) is 15.7. The van der Waals surface area contributed by atoms with E-state index in [1.54, 1.807) is 12.2 Å². The number of carbonyl (C=O) groups excluding carboxylic acids is 1. The third-order valence-electron chi connectivity index (χ3n) is 9.45. The van der Waals surface area contributed by atoms with Crippen LogP contribution in [-0.4, -0.2) is 99.8 Å². The molecule has 1 aliphatic heterocycles. The fraction of sp³-hybridized carbons (Fsp3) is 0.694. The van der Waals surface area contributed by atoms with Crippen molar-refractivity contribution in [2.45, 2.75) is 109 Å². The first-order valence-electron chi connectivity index (χ1n) is 18.8. The summed E-state index contributed by atoms with van der Waals surface area (Å²) in [6.45, 7) is 15.9. The van der Waals surface area contributed by atoms with Gasteiger partial charge in [-0.15, -0.1) is 14.3 Å². The van der Waals surface area contributed by atoms with Gasteiger partial charge in [0.05, 0.1) is 18.4 Å². The molecule has 49 heavy (non-hydrogen) atoms. The van der Waals surface area contributed by atoms with Gasteiger partial charge in [-0.05, 0) is 96.3 Å². The van der Waals surface area contributed by atoms with E-state index in [9.17, 15) is 4.79 Å². The van der Waals surface area contributed by atoms with Crippen LogP contribution in [0.3, 0.4) is 0 Å². The fourth-order valence-corrected chi connectivity index (χ4v) is 6.81. The van der Waals surface area contributed by atoms with Crippen molar-refractivity contribution in [2.75, 3.05) is 62.6 Å². The number of hydrogen-bond acceptors (Lipinski definition) is 10. The second kappa shape index (κ2) is 22.7. The molecular formula is C36H62N11OP. The average Bonchev–Trinajstić information content (AvgIpc) is 3.59. The molecule has 2 aromatic heterocycles. The second-order valence-electron chi connectivity index (χ2n) is 13.3. The van der Waals surface area contributed by atoms with Crippen molar-refractivity contribution in [1.82, 2.24) is 45.8 Å². The van der Waals surface area contributed by atoms with Crippen LogP contribution < -0.4 is 26.6 Å². The maximum Gasteiger partial charge on any atom is 0.225 e. The third kappa shape index (κ3) is 14.1. The van der Waals surface area contributed by atoms with Crippen LogP contribution >= 0.6 is 9.24 Å². The molecule has 12 nitrogen and oxygen atoms in total. The second-order valence-corrected chi connectivity index (χ2v) is 13.9. The Morgan fingerprint density at radius 2 is 1.65 bits per heavy atom. The highest BCUT2D eigenvalue weighted by Crippen LogP contribution is 2.25. The third-order valence-corrected chi connectivity index (χ3v) is 9.74. The highest BCUT2D eigenvalue weighted by Gasteiger charge is 2.24. The van der Waals surface area contributed by atoms with Crippen LogP contribution in [-0.2, 0) is 17.9 Å². The van der Waals surface area contributed by atoms with Crippen LogP contribution in [0.1, 0.15) is 100 Å². The molecule has 2 fully saturated rings. The number of likely N-dealkylation sites (tertiary alicyclic amines) is 1. The SMILES string of the molecule is C=Cc1nc(NCc2cn(CCCNCCCNC3CCCCC3)nn2)nc(NC2CCN(C(=O)CCCCCNCCP)CC2)c1C=C. The predicted molar refractivity (Wildman–Crippen MR) is 206 cm³/mol. The van der Waals surface area contributed by atoms with Crippen LogP contribution in [0.2, 0.25) is 0 Å². The number of aryl methyl sites for hydroxylation is 1. The number of nitrogens with zero attached hydrogens (tertiary/aromatic N) is 6. The molecule has 1 amide bonds. The van der Waals surface area contributed by atoms with Crippen molar-refractivity contribution < 1.29 is 4.79 Å². The number of anilines is 2. The number of unbranched alkanes of at least 4 members (excludes halogenated alkanes) is 2. The van der Waals surface area contributed by atoms with E-state index in [1.807, 2.05) is 15.8 Å². The first kappa shape index (κ1) is 38.9. The molecular weight excluding hydrogens is 633 g/mol. The maximum absolute atomic E-state index is 12.8. The maximum atomic E-state index is 12.8. The molecule has 2 aromatic rings. The van der Waals surface area contributed by atoms with Crippen molar-refractivity contribution in [3.8, 4) is 0 Å². The molecule has 13 heteroatoms. The van der Waals surface area contributed by atoms with E-state index in [4.69, 9.17) is 4.98 Å². The van der Waals surface area contributed by atoms with Crippen molar-refractivity contribution in [3.63, 3.8) is 0 Å². The van der Waals surface area contributed by atoms with Crippen molar-refractivity contribution in [2.24, 2.45) is 0 Å². The van der Waals surface area contributed by atoms with Gasteiger partial charge in [0.15, 0.2) is 0 Å². The highest BCUT2D eigenvalue weighted by molar-refractivity contribution is 7.16. The van der Waals surface area contributed by atoms with Crippen molar-refractivity contribution >= 4 is 39.1 Å². The van der Waals surface area contributed by atoms with Gasteiger partial charge in [-0.25, -0.2) is 4.98 Å². The lowest BCUT2D eigenvalue weighted by atomic mass is 9.95. The van der Waals surface area contributed by atoms with Crippen molar-refractivity contribution in [3.05, 3.63) is 36.3 Å². The predicted octanol–water partition coefficient (Wildman–Crippen LogP) is 4.69. The first-order chi connectivity index (χ1) is 24.1. The Morgan fingerprint density at radius 1 is 0.878 bits per heavy atom. The zero-order valence-electron chi connectivity index (χ0n) is 29.7. The summed E-state index contributed by atoms with van der Waals surface area (Å²) in [5.41, 5.74) is 2.37. The molecule has 0 aromatic carbocycles. The fourth-order valence-electron chi connectivity index (χ4n) is 6.60. The summed E-state index contributed by atoms with van der Waals surface area (Å²) in [6, 6.07) is 0.944. The Bertz CT molecular complexity index is 1260. The quantitative estimate of drug-likeness (QED) is 0.0778. The Balaban J connectivity index is 1.15. The van der Waals surface area contributed by atoms with E-state index in [0.29, 0.717) is 24.6 Å². The number of nitrogens with one attached hydrogen (secondary N) is 5. The van der Waals surface area contributed by atoms with Crippen LogP contribution in [0, 0.1) is 0 Å². The summed E-state index contributed by atoms with van der Waals surface area (Å²) >= 11 is 0. The standard InChI is InChI=1S/C36H62N11OP/c1-3-32-33(4-2)42-36(43-35(32)41-30-16-24-46(25-17-30)34(48)15-9-6-10-18-38-22-26-49)40-27-31-28-47(45-44-31)23-12-20-37-19-11-21-39-29-13-7-5-8-14-29/h3-4,28-30,37-39H,1-2,5-27,49H2,(H2,40,41,42,43). The summed E-state index contributed by atoms with van der Waals surface area (Å²) in [7, 11) is 2.73. The largest absolute Gasteiger partial charge is 0.367 e. The number of piperidine rings is 1. The molecule has 1 saturated heterocycles. The summed E-state index contributed by atoms with van der Waals surface area (Å²) in [6.07, 6.45) is 21.1. The summed E-state index contributed by atoms with van der Waals surface area (Å²) < 4.78 is 1.90. The average molecular weight is 696 g/mol. The lowest BCUT2D eigenvalue weighted by Crippen LogP contribution is -2.42. The zero-order chi connectivity index (χ0) is 34.5. The number of hydrogen-bond donors (Lipinski definition) is 5. The summed E-state index contributed by atoms with van der Waals surface area (Å²) in [5.74, 6) is 1.49. The molecule has 3 heterocycles. The Hall–Kier alpha value is -2.92. The van der Waals surface area contributed by atoms with E-state index in [0.717, 1.165) is 127 Å². The minimum Gasteiger partial charge on any atom is -0.367 e. The van der Waals surface area contributed by atoms with Gasteiger partial charge in [0.2, 0.25) is 11.9 Å². The van der Waals surface area contributed by atoms with Gasteiger partial charge in [-0.2, -0.15) is 4.98 Å². The van der Waals surface area contributed by atoms with Crippen LogP contribution in [0.15, 0.2) is 19.4 Å². The summed E-state index contributed by atoms with van der Waals surface area (Å²) in [4.78, 5) is 24.3. The molecule has 2 aliphatic rings. The van der Waals surface area contributed by atoms with Crippen LogP contribution in [0.4, 0.5) is 11.8 Å². The van der Waals surface area contributed by atoms with E-state index < -0.39 is 0 Å². The molecule has 1 aliphatic carbocycles. The molecule has 0 spiro atoms. The molecule has 0 bridgehead atoms. The Labute approximate surface area is 296 Å². The minimum absolute atomic E-state index is 0.207. The van der Waals surface area contributed by atoms with E-state index >= 15 is 0 Å². The highest BCUT2D eigenvalue weighted by atomic mass is 31.0. The van der Waals surface area contributed by atoms with Gasteiger partial charge in [-0.3, -0.25) is 9.48 Å². The van der Waals surface area contributed by atoms with Gasteiger partial charge in [0.1, 0.15) is 11.5 Å². The number of aromatic nitrogens is 5. The van der Waals surface area contributed by atoms with Gasteiger partial charge < -0.3 is 31.5 Å². The van der Waals surface area contributed by atoms with Crippen LogP contribution in [0.25, 0.3) is 12.2 Å². The van der Waals surface area contributed by atoms with Gasteiger partial charge in [0, 0.05) is 43.7 Å². The lowest BCUT2D eigenvalue weighted by molar-refractivity contribution is -0.132. The topological polar surface area (TPSA) is 137 Å². The minimum atomic E-state index is 0.207. The monoisotopic (exact) mass is 695 g/mol. The lowest BCUT2D eigenvalue weighted by Gasteiger charge is -2.33. The van der Waals surface area contributed by atoms with E-state index in [-0.39, 0.29) is 11.9 Å². The molecule has 1 saturated carbocycles. The smallest absolute Gasteiger partial charge is 0.225 e. The van der Waals surface area contributed by atoms with E-state index in [1.165, 1.54) is 32.1 Å². The molecule has 0 radical (unpaired) electrons. The first-order valence-corrected chi connectivity index (χ1v) is 19.6. The molecule has 1 atom stereocenters. The Morgan fingerprint density at radius 3 is 2.43 bits per heavy atom.